The Morgan fingerprint density at radius 1 is 0.895 bits per heavy atom. The minimum atomic E-state index is -0.161. The molecule has 2 aromatic rings. The van der Waals surface area contributed by atoms with E-state index >= 15 is 0 Å². The molecule has 2 aromatic carbocycles. The van der Waals surface area contributed by atoms with E-state index < -0.39 is 0 Å². The van der Waals surface area contributed by atoms with Gasteiger partial charge in [-0.1, -0.05) is 68.4 Å². The van der Waals surface area contributed by atoms with E-state index in [1.807, 2.05) is 6.07 Å². The van der Waals surface area contributed by atoms with Crippen LogP contribution in [0.5, 0.6) is 0 Å². The Kier molecular flexibility index (Phi) is 2.94. The first kappa shape index (κ1) is 12.4. The topological polar surface area (TPSA) is 20.2 Å². The standard InChI is InChI=1S/C18H20O/c1-18(2)16(12-17(18)19)15-10-8-14(9-11-15)13-6-4-3-5-7-13/h3-11,16-17,19H,12H2,1-2H3. The highest BCUT2D eigenvalue weighted by Crippen LogP contribution is 2.52. The van der Waals surface area contributed by atoms with Crippen molar-refractivity contribution in [1.82, 2.24) is 0 Å². The predicted molar refractivity (Wildman–Crippen MR) is 79.0 cm³/mol. The molecule has 1 aliphatic rings. The van der Waals surface area contributed by atoms with Gasteiger partial charge in [0.25, 0.3) is 0 Å². The highest BCUT2D eigenvalue weighted by molar-refractivity contribution is 5.63. The molecular formula is C18H20O. The summed E-state index contributed by atoms with van der Waals surface area (Å²) >= 11 is 0. The fourth-order valence-corrected chi connectivity index (χ4v) is 3.01. The Morgan fingerprint density at radius 3 is 2.00 bits per heavy atom. The molecule has 1 nitrogen and oxygen atoms in total. The van der Waals surface area contributed by atoms with Gasteiger partial charge in [-0.15, -0.1) is 0 Å². The zero-order valence-corrected chi connectivity index (χ0v) is 11.5. The summed E-state index contributed by atoms with van der Waals surface area (Å²) in [6, 6.07) is 19.2. The van der Waals surface area contributed by atoms with Crippen LogP contribution in [0.25, 0.3) is 11.1 Å². The largest absolute Gasteiger partial charge is 0.393 e. The average molecular weight is 252 g/mol. The number of rotatable bonds is 2. The molecule has 3 rings (SSSR count). The van der Waals surface area contributed by atoms with Gasteiger partial charge in [0.05, 0.1) is 6.10 Å². The average Bonchev–Trinajstić information content (AvgIpc) is 2.46. The zero-order chi connectivity index (χ0) is 13.5. The first-order valence-electron chi connectivity index (χ1n) is 6.92. The summed E-state index contributed by atoms with van der Waals surface area (Å²) in [5.74, 6) is 0.479. The van der Waals surface area contributed by atoms with Gasteiger partial charge in [-0.05, 0) is 34.4 Å². The third-order valence-electron chi connectivity index (χ3n) is 4.64. The van der Waals surface area contributed by atoms with E-state index in [9.17, 15) is 5.11 Å². The van der Waals surface area contributed by atoms with Gasteiger partial charge in [-0.3, -0.25) is 0 Å². The van der Waals surface area contributed by atoms with Crippen molar-refractivity contribution in [1.29, 1.82) is 0 Å². The van der Waals surface area contributed by atoms with Gasteiger partial charge in [-0.2, -0.15) is 0 Å². The van der Waals surface area contributed by atoms with E-state index in [-0.39, 0.29) is 11.5 Å². The summed E-state index contributed by atoms with van der Waals surface area (Å²) in [6.45, 7) is 4.30. The van der Waals surface area contributed by atoms with E-state index in [0.29, 0.717) is 5.92 Å². The summed E-state index contributed by atoms with van der Waals surface area (Å²) in [4.78, 5) is 0. The Morgan fingerprint density at radius 2 is 1.47 bits per heavy atom. The molecule has 0 heterocycles. The van der Waals surface area contributed by atoms with E-state index in [4.69, 9.17) is 0 Å². The van der Waals surface area contributed by atoms with Gasteiger partial charge in [0.2, 0.25) is 0 Å². The quantitative estimate of drug-likeness (QED) is 0.848. The third-order valence-corrected chi connectivity index (χ3v) is 4.64. The van der Waals surface area contributed by atoms with Crippen LogP contribution in [0, 0.1) is 5.41 Å². The van der Waals surface area contributed by atoms with E-state index in [0.717, 1.165) is 6.42 Å². The monoisotopic (exact) mass is 252 g/mol. The van der Waals surface area contributed by atoms with Crippen molar-refractivity contribution in [3.8, 4) is 11.1 Å². The molecule has 1 aliphatic carbocycles. The molecular weight excluding hydrogens is 232 g/mol. The first-order chi connectivity index (χ1) is 9.09. The smallest absolute Gasteiger partial charge is 0.0603 e. The van der Waals surface area contributed by atoms with E-state index in [1.165, 1.54) is 16.7 Å². The van der Waals surface area contributed by atoms with E-state index in [1.54, 1.807) is 0 Å². The molecule has 1 saturated carbocycles. The van der Waals surface area contributed by atoms with Crippen molar-refractivity contribution >= 4 is 0 Å². The summed E-state index contributed by atoms with van der Waals surface area (Å²) in [6.07, 6.45) is 0.726. The Bertz CT molecular complexity index is 554. The number of aliphatic hydroxyl groups is 1. The van der Waals surface area contributed by atoms with Crippen molar-refractivity contribution in [3.63, 3.8) is 0 Å². The Hall–Kier alpha value is -1.60. The maximum Gasteiger partial charge on any atom is 0.0603 e. The number of aliphatic hydroxyl groups excluding tert-OH is 1. The fourth-order valence-electron chi connectivity index (χ4n) is 3.01. The molecule has 19 heavy (non-hydrogen) atoms. The lowest BCUT2D eigenvalue weighted by Crippen LogP contribution is -2.47. The molecule has 0 amide bonds. The van der Waals surface area contributed by atoms with Crippen LogP contribution >= 0.6 is 0 Å². The molecule has 0 bridgehead atoms. The van der Waals surface area contributed by atoms with Crippen molar-refractivity contribution in [2.24, 2.45) is 5.41 Å². The van der Waals surface area contributed by atoms with Gasteiger partial charge in [0.1, 0.15) is 0 Å². The third kappa shape index (κ3) is 2.08. The normalized spacial score (nSPS) is 24.8. The predicted octanol–water partition coefficient (Wildman–Crippen LogP) is 4.23. The molecule has 0 radical (unpaired) electrons. The highest BCUT2D eigenvalue weighted by Gasteiger charge is 2.47. The highest BCUT2D eigenvalue weighted by atomic mass is 16.3. The van der Waals surface area contributed by atoms with Crippen LogP contribution in [0.3, 0.4) is 0 Å². The number of hydrogen-bond acceptors (Lipinski definition) is 1. The van der Waals surface area contributed by atoms with Crippen LogP contribution in [0.2, 0.25) is 0 Å². The second kappa shape index (κ2) is 4.50. The lowest BCUT2D eigenvalue weighted by Gasteiger charge is -2.49. The molecule has 2 unspecified atom stereocenters. The molecule has 98 valence electrons. The van der Waals surface area contributed by atoms with Crippen molar-refractivity contribution < 1.29 is 5.11 Å². The molecule has 1 fully saturated rings. The maximum absolute atomic E-state index is 9.84. The van der Waals surface area contributed by atoms with E-state index in [2.05, 4.69) is 62.4 Å². The van der Waals surface area contributed by atoms with Crippen LogP contribution < -0.4 is 0 Å². The second-order valence-electron chi connectivity index (χ2n) is 6.11. The van der Waals surface area contributed by atoms with Gasteiger partial charge >= 0.3 is 0 Å². The summed E-state index contributed by atoms with van der Waals surface area (Å²) in [5.41, 5.74) is 3.85. The van der Waals surface area contributed by atoms with Crippen LogP contribution in [0.4, 0.5) is 0 Å². The molecule has 0 aromatic heterocycles. The van der Waals surface area contributed by atoms with Crippen LogP contribution in [-0.2, 0) is 0 Å². The first-order valence-corrected chi connectivity index (χ1v) is 6.92. The minimum Gasteiger partial charge on any atom is -0.393 e. The van der Waals surface area contributed by atoms with Crippen molar-refractivity contribution in [3.05, 3.63) is 60.2 Å². The molecule has 0 spiro atoms. The van der Waals surface area contributed by atoms with Crippen LogP contribution in [-0.4, -0.2) is 11.2 Å². The zero-order valence-electron chi connectivity index (χ0n) is 11.5. The Balaban J connectivity index is 1.85. The summed E-state index contributed by atoms with van der Waals surface area (Å²) in [7, 11) is 0. The molecule has 1 N–H and O–H groups in total. The van der Waals surface area contributed by atoms with Crippen molar-refractivity contribution in [2.75, 3.05) is 0 Å². The van der Waals surface area contributed by atoms with Crippen LogP contribution in [0.1, 0.15) is 31.7 Å². The van der Waals surface area contributed by atoms with Gasteiger partial charge in [-0.25, -0.2) is 0 Å². The summed E-state index contributed by atoms with van der Waals surface area (Å²) in [5, 5.41) is 9.84. The number of benzene rings is 2. The van der Waals surface area contributed by atoms with Gasteiger partial charge in [0.15, 0.2) is 0 Å². The lowest BCUT2D eigenvalue weighted by atomic mass is 9.58. The second-order valence-corrected chi connectivity index (χ2v) is 6.11. The summed E-state index contributed by atoms with van der Waals surface area (Å²) < 4.78 is 0. The van der Waals surface area contributed by atoms with Crippen LogP contribution in [0.15, 0.2) is 54.6 Å². The van der Waals surface area contributed by atoms with Gasteiger partial charge in [0, 0.05) is 0 Å². The molecule has 2 atom stereocenters. The Labute approximate surface area is 114 Å². The SMILES string of the molecule is CC1(C)C(O)CC1c1ccc(-c2ccccc2)cc1. The molecule has 0 saturated heterocycles. The number of hydrogen-bond donors (Lipinski definition) is 1. The fraction of sp³-hybridized carbons (Fsp3) is 0.333. The molecule has 0 aliphatic heterocycles. The van der Waals surface area contributed by atoms with Gasteiger partial charge < -0.3 is 5.11 Å². The lowest BCUT2D eigenvalue weighted by molar-refractivity contribution is -0.0625. The minimum absolute atomic E-state index is 0.00820. The molecule has 1 heteroatoms. The van der Waals surface area contributed by atoms with Crippen molar-refractivity contribution in [2.45, 2.75) is 32.3 Å². The maximum atomic E-state index is 9.84.